The van der Waals surface area contributed by atoms with Gasteiger partial charge in [-0.25, -0.2) is 4.98 Å². The molecule has 0 aliphatic carbocycles. The molecule has 0 aliphatic heterocycles. The number of H-pyrrole nitrogens is 1. The van der Waals surface area contributed by atoms with E-state index in [9.17, 15) is 0 Å². The Morgan fingerprint density at radius 1 is 1.12 bits per heavy atom. The zero-order valence-corrected chi connectivity index (χ0v) is 12.5. The molecule has 0 atom stereocenters. The van der Waals surface area contributed by atoms with Crippen molar-refractivity contribution in [3.63, 3.8) is 0 Å². The average Bonchev–Trinajstić information content (AvgIpc) is 2.50. The number of nitrogens with zero attached hydrogens (tertiary/aromatic N) is 1. The number of nitrogens with one attached hydrogen (secondary N) is 1. The Balaban J connectivity index is 3.00. The van der Waals surface area contributed by atoms with Crippen LogP contribution in [-0.2, 0) is 5.41 Å². The molecule has 0 aliphatic rings. The van der Waals surface area contributed by atoms with Crippen molar-refractivity contribution in [3.05, 3.63) is 11.9 Å². The topological polar surface area (TPSA) is 28.7 Å². The van der Waals surface area contributed by atoms with Gasteiger partial charge in [0.15, 0.2) is 0 Å². The van der Waals surface area contributed by atoms with Crippen molar-refractivity contribution in [3.8, 4) is 0 Å². The van der Waals surface area contributed by atoms with Gasteiger partial charge < -0.3 is 4.98 Å². The average molecular weight is 240 g/mol. The third kappa shape index (κ3) is 3.07. The maximum absolute atomic E-state index is 4.80. The molecular formula is C13H25N2P. The third-order valence-electron chi connectivity index (χ3n) is 2.69. The van der Waals surface area contributed by atoms with Crippen LogP contribution in [0.3, 0.4) is 0 Å². The van der Waals surface area contributed by atoms with Crippen molar-refractivity contribution in [1.82, 2.24) is 9.97 Å². The molecule has 16 heavy (non-hydrogen) atoms. The van der Waals surface area contributed by atoms with E-state index >= 15 is 0 Å². The molecule has 1 heterocycles. The van der Waals surface area contributed by atoms with Gasteiger partial charge in [0.25, 0.3) is 0 Å². The molecular weight excluding hydrogens is 215 g/mol. The summed E-state index contributed by atoms with van der Waals surface area (Å²) in [7, 11) is -0.167. The number of hydrogen-bond acceptors (Lipinski definition) is 1. The van der Waals surface area contributed by atoms with E-state index < -0.39 is 0 Å². The zero-order valence-electron chi connectivity index (χ0n) is 11.6. The normalized spacial score (nSPS) is 13.1. The van der Waals surface area contributed by atoms with Crippen molar-refractivity contribution in [2.24, 2.45) is 0 Å². The minimum atomic E-state index is -0.167. The van der Waals surface area contributed by atoms with Gasteiger partial charge in [-0.2, -0.15) is 0 Å². The minimum absolute atomic E-state index is 0.143. The lowest BCUT2D eigenvalue weighted by atomic mass is 9.93. The summed E-state index contributed by atoms with van der Waals surface area (Å²) in [4.78, 5) is 8.19. The number of rotatable bonds is 3. The highest BCUT2D eigenvalue weighted by molar-refractivity contribution is 7.66. The first-order chi connectivity index (χ1) is 7.23. The van der Waals surface area contributed by atoms with Gasteiger partial charge in [-0.15, -0.1) is 0 Å². The predicted molar refractivity (Wildman–Crippen MR) is 74.1 cm³/mol. The molecule has 0 aromatic carbocycles. The highest BCUT2D eigenvalue weighted by atomic mass is 31.1. The maximum Gasteiger partial charge on any atom is 0.129 e. The summed E-state index contributed by atoms with van der Waals surface area (Å²) in [5, 5.41) is 0. The van der Waals surface area contributed by atoms with E-state index in [2.05, 4.69) is 59.6 Å². The molecule has 2 nitrogen and oxygen atoms in total. The quantitative estimate of drug-likeness (QED) is 0.803. The summed E-state index contributed by atoms with van der Waals surface area (Å²) in [6.07, 6.45) is 2.08. The molecule has 0 unspecified atom stereocenters. The molecule has 1 aromatic heterocycles. The van der Waals surface area contributed by atoms with Crippen LogP contribution in [0.15, 0.2) is 6.20 Å². The van der Waals surface area contributed by atoms with Gasteiger partial charge in [-0.3, -0.25) is 0 Å². The van der Waals surface area contributed by atoms with Gasteiger partial charge in [0.2, 0.25) is 0 Å². The summed E-state index contributed by atoms with van der Waals surface area (Å²) < 4.78 is 0. The second kappa shape index (κ2) is 4.87. The van der Waals surface area contributed by atoms with Gasteiger partial charge in [0.1, 0.15) is 5.57 Å². The van der Waals surface area contributed by atoms with Crippen molar-refractivity contribution in [2.75, 3.05) is 0 Å². The van der Waals surface area contributed by atoms with E-state index in [1.165, 1.54) is 11.3 Å². The van der Waals surface area contributed by atoms with Crippen molar-refractivity contribution < 1.29 is 0 Å². The Morgan fingerprint density at radius 2 is 1.62 bits per heavy atom. The van der Waals surface area contributed by atoms with Crippen molar-refractivity contribution in [2.45, 2.75) is 65.2 Å². The molecule has 3 heteroatoms. The fraction of sp³-hybridized carbons (Fsp3) is 0.769. The molecule has 0 saturated heterocycles. The Hall–Kier alpha value is -0.360. The second-order valence-electron chi connectivity index (χ2n) is 5.95. The van der Waals surface area contributed by atoms with E-state index in [4.69, 9.17) is 4.98 Å². The van der Waals surface area contributed by atoms with Crippen LogP contribution in [0.1, 0.15) is 54.2 Å². The standard InChI is InChI=1S/C13H25N2P/c1-9(2)16(10(3)4)12-14-8-11(15-12)13(5,6)7/h8-10H,1-7H3,(H,14,15). The molecule has 0 radical (unpaired) electrons. The van der Waals surface area contributed by atoms with Gasteiger partial charge in [0.05, 0.1) is 5.69 Å². The fourth-order valence-corrected chi connectivity index (χ4v) is 4.52. The van der Waals surface area contributed by atoms with E-state index in [1.54, 1.807) is 0 Å². The molecule has 0 amide bonds. The Labute approximate surface area is 101 Å². The van der Waals surface area contributed by atoms with Gasteiger partial charge in [-0.05, 0) is 19.2 Å². The summed E-state index contributed by atoms with van der Waals surface area (Å²) in [6, 6.07) is 0. The van der Waals surface area contributed by atoms with E-state index in [1.807, 2.05) is 0 Å². The molecule has 0 saturated carbocycles. The zero-order chi connectivity index (χ0) is 12.5. The Kier molecular flexibility index (Phi) is 4.17. The molecule has 1 rings (SSSR count). The van der Waals surface area contributed by atoms with E-state index in [-0.39, 0.29) is 13.3 Å². The van der Waals surface area contributed by atoms with Crippen LogP contribution in [0.2, 0.25) is 0 Å². The van der Waals surface area contributed by atoms with Crippen LogP contribution in [0.25, 0.3) is 0 Å². The SMILES string of the molecule is CC(C)P(c1nc(C(C)(C)C)c[nH]1)C(C)C. The highest BCUT2D eigenvalue weighted by Crippen LogP contribution is 2.43. The maximum atomic E-state index is 4.80. The fourth-order valence-electron chi connectivity index (χ4n) is 1.91. The van der Waals surface area contributed by atoms with Crippen LogP contribution >= 0.6 is 7.92 Å². The molecule has 1 aromatic rings. The summed E-state index contributed by atoms with van der Waals surface area (Å²) in [5.41, 5.74) is 3.91. The lowest BCUT2D eigenvalue weighted by molar-refractivity contribution is 0.573. The van der Waals surface area contributed by atoms with E-state index in [0.29, 0.717) is 11.3 Å². The van der Waals surface area contributed by atoms with Crippen LogP contribution < -0.4 is 5.57 Å². The largest absolute Gasteiger partial charge is 0.345 e. The number of aromatic nitrogens is 2. The molecule has 0 spiro atoms. The first-order valence-electron chi connectivity index (χ1n) is 6.07. The molecule has 0 fully saturated rings. The Morgan fingerprint density at radius 3 is 1.94 bits per heavy atom. The van der Waals surface area contributed by atoms with Crippen LogP contribution in [0.4, 0.5) is 0 Å². The summed E-state index contributed by atoms with van der Waals surface area (Å²) in [5.74, 6) is 0. The van der Waals surface area contributed by atoms with Crippen molar-refractivity contribution >= 4 is 13.5 Å². The van der Waals surface area contributed by atoms with Crippen LogP contribution in [0, 0.1) is 0 Å². The van der Waals surface area contributed by atoms with Crippen LogP contribution in [-0.4, -0.2) is 21.3 Å². The summed E-state index contributed by atoms with van der Waals surface area (Å²) in [6.45, 7) is 15.8. The van der Waals surface area contributed by atoms with Gasteiger partial charge in [0, 0.05) is 11.6 Å². The number of imidazole rings is 1. The third-order valence-corrected chi connectivity index (χ3v) is 5.63. The number of aromatic amines is 1. The smallest absolute Gasteiger partial charge is 0.129 e. The minimum Gasteiger partial charge on any atom is -0.345 e. The summed E-state index contributed by atoms with van der Waals surface area (Å²) >= 11 is 0. The predicted octanol–water partition coefficient (Wildman–Crippen LogP) is 3.63. The lowest BCUT2D eigenvalue weighted by Gasteiger charge is -2.23. The lowest BCUT2D eigenvalue weighted by Crippen LogP contribution is -2.19. The number of hydrogen-bond donors (Lipinski definition) is 1. The monoisotopic (exact) mass is 240 g/mol. The molecule has 0 bridgehead atoms. The molecule has 92 valence electrons. The van der Waals surface area contributed by atoms with Crippen molar-refractivity contribution in [1.29, 1.82) is 0 Å². The first-order valence-corrected chi connectivity index (χ1v) is 7.55. The molecule has 1 N–H and O–H groups in total. The van der Waals surface area contributed by atoms with Gasteiger partial charge in [-0.1, -0.05) is 48.5 Å². The Bertz CT molecular complexity index is 326. The van der Waals surface area contributed by atoms with Crippen LogP contribution in [0.5, 0.6) is 0 Å². The van der Waals surface area contributed by atoms with Gasteiger partial charge >= 0.3 is 0 Å². The van der Waals surface area contributed by atoms with E-state index in [0.717, 1.165) is 0 Å². The first kappa shape index (κ1) is 13.7. The second-order valence-corrected chi connectivity index (χ2v) is 9.26. The highest BCUT2D eigenvalue weighted by Gasteiger charge is 2.24.